The summed E-state index contributed by atoms with van der Waals surface area (Å²) in [5, 5.41) is 3.41. The number of halogens is 2. The molecule has 2 saturated heterocycles. The van der Waals surface area contributed by atoms with Crippen molar-refractivity contribution in [2.24, 2.45) is 0 Å². The first-order valence-corrected chi connectivity index (χ1v) is 9.57. The van der Waals surface area contributed by atoms with Crippen molar-refractivity contribution in [1.82, 2.24) is 10.3 Å². The van der Waals surface area contributed by atoms with Gasteiger partial charge in [0.2, 0.25) is 0 Å². The number of hydrogen-bond acceptors (Lipinski definition) is 6. The number of anilines is 1. The third kappa shape index (κ3) is 3.95. The standard InChI is InChI=1S/C18H19F2N3O3S/c19-13-2-1-12(14(20)9-13)10-21-16(24)15-11-22-17(27-15)23-5-3-18(4-6-23)25-7-8-26-18/h1-2,9,11H,3-8,10H2,(H,21,24). The average molecular weight is 395 g/mol. The lowest BCUT2D eigenvalue weighted by Gasteiger charge is -2.37. The normalized spacial score (nSPS) is 18.8. The van der Waals surface area contributed by atoms with Gasteiger partial charge in [0.1, 0.15) is 16.5 Å². The van der Waals surface area contributed by atoms with Gasteiger partial charge in [0, 0.05) is 44.1 Å². The second-order valence-corrected chi connectivity index (χ2v) is 7.53. The lowest BCUT2D eigenvalue weighted by atomic mass is 10.0. The number of hydrogen-bond donors (Lipinski definition) is 1. The van der Waals surface area contributed by atoms with Crippen molar-refractivity contribution in [3.8, 4) is 0 Å². The van der Waals surface area contributed by atoms with Crippen LogP contribution in [0.3, 0.4) is 0 Å². The Morgan fingerprint density at radius 2 is 2.00 bits per heavy atom. The van der Waals surface area contributed by atoms with Crippen LogP contribution in [0.25, 0.3) is 0 Å². The number of piperidine rings is 1. The number of ether oxygens (including phenoxy) is 2. The lowest BCUT2D eigenvalue weighted by Crippen LogP contribution is -2.45. The van der Waals surface area contributed by atoms with Crippen LogP contribution in [0.2, 0.25) is 0 Å². The highest BCUT2D eigenvalue weighted by Gasteiger charge is 2.40. The van der Waals surface area contributed by atoms with Gasteiger partial charge in [0.25, 0.3) is 5.91 Å². The van der Waals surface area contributed by atoms with Gasteiger partial charge in [0.15, 0.2) is 10.9 Å². The molecule has 144 valence electrons. The number of aromatic nitrogens is 1. The molecule has 0 saturated carbocycles. The van der Waals surface area contributed by atoms with Crippen LogP contribution in [0.1, 0.15) is 28.1 Å². The SMILES string of the molecule is O=C(NCc1ccc(F)cc1F)c1cnc(N2CCC3(CC2)OCCO3)s1. The second-order valence-electron chi connectivity index (χ2n) is 6.52. The third-order valence-corrected chi connectivity index (χ3v) is 5.84. The van der Waals surface area contributed by atoms with Crippen molar-refractivity contribution in [3.05, 3.63) is 46.5 Å². The van der Waals surface area contributed by atoms with E-state index in [0.717, 1.165) is 43.2 Å². The molecule has 1 N–H and O–H groups in total. The minimum Gasteiger partial charge on any atom is -0.348 e. The zero-order valence-electron chi connectivity index (χ0n) is 14.5. The highest BCUT2D eigenvalue weighted by Crippen LogP contribution is 2.34. The Balaban J connectivity index is 1.34. The quantitative estimate of drug-likeness (QED) is 0.863. The van der Waals surface area contributed by atoms with Crippen LogP contribution < -0.4 is 10.2 Å². The van der Waals surface area contributed by atoms with Crippen molar-refractivity contribution in [3.63, 3.8) is 0 Å². The van der Waals surface area contributed by atoms with Crippen LogP contribution in [0, 0.1) is 11.6 Å². The van der Waals surface area contributed by atoms with E-state index >= 15 is 0 Å². The fraction of sp³-hybridized carbons (Fsp3) is 0.444. The van der Waals surface area contributed by atoms with Crippen molar-refractivity contribution in [2.45, 2.75) is 25.2 Å². The molecule has 4 rings (SSSR count). The topological polar surface area (TPSA) is 63.7 Å². The van der Waals surface area contributed by atoms with Crippen LogP contribution in [0.15, 0.2) is 24.4 Å². The molecular weight excluding hydrogens is 376 g/mol. The molecular formula is C18H19F2N3O3S. The maximum Gasteiger partial charge on any atom is 0.263 e. The first-order valence-electron chi connectivity index (χ1n) is 8.75. The van der Waals surface area contributed by atoms with Gasteiger partial charge in [0.05, 0.1) is 19.4 Å². The molecule has 6 nitrogen and oxygen atoms in total. The summed E-state index contributed by atoms with van der Waals surface area (Å²) in [7, 11) is 0. The van der Waals surface area contributed by atoms with Gasteiger partial charge in [-0.15, -0.1) is 0 Å². The summed E-state index contributed by atoms with van der Waals surface area (Å²) in [6.45, 7) is 2.75. The Kier molecular flexibility index (Phi) is 5.07. The summed E-state index contributed by atoms with van der Waals surface area (Å²) in [5.74, 6) is -2.11. The van der Waals surface area contributed by atoms with Gasteiger partial charge >= 0.3 is 0 Å². The van der Waals surface area contributed by atoms with Gasteiger partial charge in [-0.25, -0.2) is 13.8 Å². The van der Waals surface area contributed by atoms with Gasteiger partial charge < -0.3 is 19.7 Å². The van der Waals surface area contributed by atoms with E-state index in [-0.39, 0.29) is 18.0 Å². The molecule has 0 unspecified atom stereocenters. The maximum absolute atomic E-state index is 13.6. The number of nitrogens with zero attached hydrogens (tertiary/aromatic N) is 2. The number of nitrogens with one attached hydrogen (secondary N) is 1. The molecule has 0 atom stereocenters. The summed E-state index contributed by atoms with van der Waals surface area (Å²) >= 11 is 1.29. The minimum atomic E-state index is -0.682. The maximum atomic E-state index is 13.6. The van der Waals surface area contributed by atoms with Gasteiger partial charge in [-0.1, -0.05) is 17.4 Å². The Morgan fingerprint density at radius 1 is 1.26 bits per heavy atom. The van der Waals surface area contributed by atoms with Crippen LogP contribution in [0.5, 0.6) is 0 Å². The fourth-order valence-electron chi connectivity index (χ4n) is 3.27. The first kappa shape index (κ1) is 18.3. The van der Waals surface area contributed by atoms with E-state index in [0.29, 0.717) is 18.1 Å². The highest BCUT2D eigenvalue weighted by molar-refractivity contribution is 7.17. The molecule has 0 bridgehead atoms. The zero-order chi connectivity index (χ0) is 18.9. The van der Waals surface area contributed by atoms with Crippen molar-refractivity contribution < 1.29 is 23.0 Å². The minimum absolute atomic E-state index is 0.0148. The molecule has 1 aromatic heterocycles. The molecule has 1 spiro atoms. The number of rotatable bonds is 4. The second kappa shape index (κ2) is 7.49. The molecule has 9 heteroatoms. The summed E-state index contributed by atoms with van der Waals surface area (Å²) in [5.41, 5.74) is 0.229. The Hall–Kier alpha value is -2.10. The van der Waals surface area contributed by atoms with Crippen LogP contribution in [-0.4, -0.2) is 43.0 Å². The third-order valence-electron chi connectivity index (χ3n) is 4.78. The van der Waals surface area contributed by atoms with Crippen molar-refractivity contribution in [1.29, 1.82) is 0 Å². The number of amides is 1. The summed E-state index contributed by atoms with van der Waals surface area (Å²) < 4.78 is 38.0. The fourth-order valence-corrected chi connectivity index (χ4v) is 4.15. The summed E-state index contributed by atoms with van der Waals surface area (Å²) in [4.78, 5) is 19.2. The van der Waals surface area contributed by atoms with E-state index in [1.54, 1.807) is 0 Å². The zero-order valence-corrected chi connectivity index (χ0v) is 15.4. The molecule has 1 aromatic carbocycles. The molecule has 2 aliphatic rings. The number of carbonyl (C=O) groups excluding carboxylic acids is 1. The van der Waals surface area contributed by atoms with Crippen LogP contribution >= 0.6 is 11.3 Å². The molecule has 27 heavy (non-hydrogen) atoms. The van der Waals surface area contributed by atoms with Gasteiger partial charge in [-0.2, -0.15) is 0 Å². The smallest absolute Gasteiger partial charge is 0.263 e. The van der Waals surface area contributed by atoms with Crippen molar-refractivity contribution in [2.75, 3.05) is 31.2 Å². The summed E-state index contributed by atoms with van der Waals surface area (Å²) in [6.07, 6.45) is 3.04. The molecule has 2 aliphatic heterocycles. The van der Waals surface area contributed by atoms with Gasteiger partial charge in [-0.3, -0.25) is 4.79 Å². The van der Waals surface area contributed by atoms with E-state index < -0.39 is 17.4 Å². The number of benzene rings is 1. The van der Waals surface area contributed by atoms with E-state index in [9.17, 15) is 13.6 Å². The predicted octanol–water partition coefficient (Wildman–Crippen LogP) is 2.69. The molecule has 0 aliphatic carbocycles. The predicted molar refractivity (Wildman–Crippen MR) is 95.7 cm³/mol. The monoisotopic (exact) mass is 395 g/mol. The number of carbonyl (C=O) groups is 1. The van der Waals surface area contributed by atoms with E-state index in [4.69, 9.17) is 9.47 Å². The molecule has 2 aromatic rings. The highest BCUT2D eigenvalue weighted by atomic mass is 32.1. The Morgan fingerprint density at radius 3 is 2.70 bits per heavy atom. The summed E-state index contributed by atoms with van der Waals surface area (Å²) in [6, 6.07) is 3.28. The molecule has 1 amide bonds. The van der Waals surface area contributed by atoms with Crippen LogP contribution in [-0.2, 0) is 16.0 Å². The lowest BCUT2D eigenvalue weighted by molar-refractivity contribution is -0.169. The van der Waals surface area contributed by atoms with Gasteiger partial charge in [-0.05, 0) is 6.07 Å². The Bertz CT molecular complexity index is 829. The molecule has 2 fully saturated rings. The number of thiazole rings is 1. The van der Waals surface area contributed by atoms with Crippen LogP contribution in [0.4, 0.5) is 13.9 Å². The molecule has 0 radical (unpaired) electrons. The first-order chi connectivity index (χ1) is 13.0. The largest absolute Gasteiger partial charge is 0.348 e. The average Bonchev–Trinajstić information content (AvgIpc) is 3.32. The Labute approximate surface area is 159 Å². The van der Waals surface area contributed by atoms with Crippen molar-refractivity contribution >= 4 is 22.4 Å². The van der Waals surface area contributed by atoms with E-state index in [1.165, 1.54) is 23.6 Å². The van der Waals surface area contributed by atoms with E-state index in [1.807, 2.05) is 0 Å². The van der Waals surface area contributed by atoms with E-state index in [2.05, 4.69) is 15.2 Å². The molecule has 3 heterocycles.